The molecule has 1 unspecified atom stereocenters. The quantitative estimate of drug-likeness (QED) is 0.128. The fourth-order valence-corrected chi connectivity index (χ4v) is 7.46. The highest BCUT2D eigenvalue weighted by Crippen LogP contribution is 2.44. The Labute approximate surface area is 326 Å². The third-order valence-corrected chi connectivity index (χ3v) is 10.4. The van der Waals surface area contributed by atoms with Gasteiger partial charge in [-0.25, -0.2) is 4.79 Å². The summed E-state index contributed by atoms with van der Waals surface area (Å²) in [5.41, 5.74) is 7.78. The molecule has 0 radical (unpaired) electrons. The third kappa shape index (κ3) is 8.18. The van der Waals surface area contributed by atoms with E-state index in [-0.39, 0.29) is 38.0 Å². The highest BCUT2D eigenvalue weighted by atomic mass is 16.6. The van der Waals surface area contributed by atoms with E-state index < -0.39 is 30.2 Å². The van der Waals surface area contributed by atoms with Crippen molar-refractivity contribution >= 4 is 17.9 Å². The maximum atomic E-state index is 14.2. The Bertz CT molecular complexity index is 2140. The number of nitrogens with zero attached hydrogens (tertiary/aromatic N) is 1. The van der Waals surface area contributed by atoms with E-state index in [0.717, 1.165) is 33.4 Å². The lowest BCUT2D eigenvalue weighted by Crippen LogP contribution is -2.51. The first-order valence-corrected chi connectivity index (χ1v) is 18.6. The predicted molar refractivity (Wildman–Crippen MR) is 211 cm³/mol. The topological polar surface area (TPSA) is 136 Å². The molecular formula is C45H45N3O8. The predicted octanol–water partition coefficient (Wildman–Crippen LogP) is 6.30. The molecule has 1 aliphatic heterocycles. The van der Waals surface area contributed by atoms with Crippen LogP contribution in [0.4, 0.5) is 4.79 Å². The molecule has 0 aromatic heterocycles. The number of rotatable bonds is 13. The number of methoxy groups -OCH3 is 2. The second kappa shape index (κ2) is 17.0. The number of hydrogen-bond donors (Lipinski definition) is 3. The van der Waals surface area contributed by atoms with Crippen LogP contribution in [0.3, 0.4) is 0 Å². The summed E-state index contributed by atoms with van der Waals surface area (Å²) in [4.78, 5) is 41.7. The first-order valence-electron chi connectivity index (χ1n) is 18.6. The number of nitrogens with one attached hydrogen (secondary N) is 2. The molecular weight excluding hydrogens is 711 g/mol. The van der Waals surface area contributed by atoms with Crippen LogP contribution in [-0.4, -0.2) is 74.0 Å². The fourth-order valence-electron chi connectivity index (χ4n) is 7.46. The van der Waals surface area contributed by atoms with Crippen LogP contribution in [0.15, 0.2) is 115 Å². The maximum Gasteiger partial charge on any atom is 0.410 e. The van der Waals surface area contributed by atoms with Gasteiger partial charge in [0.2, 0.25) is 5.91 Å². The first kappa shape index (κ1) is 38.0. The summed E-state index contributed by atoms with van der Waals surface area (Å²) in [6.07, 6.45) is -1.57. The van der Waals surface area contributed by atoms with E-state index >= 15 is 0 Å². The van der Waals surface area contributed by atoms with Gasteiger partial charge in [-0.3, -0.25) is 14.5 Å². The van der Waals surface area contributed by atoms with Crippen LogP contribution < -0.4 is 24.8 Å². The SMILES string of the molecule is COc1ccc(C(NC(=O)[C@@H]2[C@@H](O)CCN2C(=O)OCC2c3ccccc3-c3ccccc32)c2ccc(OCC(=O)NCc3ccc(C)cc3)cc2)c(OC)c1. The van der Waals surface area contributed by atoms with Gasteiger partial charge in [0.25, 0.3) is 5.91 Å². The molecule has 11 heteroatoms. The van der Waals surface area contributed by atoms with Gasteiger partial charge < -0.3 is 34.7 Å². The van der Waals surface area contributed by atoms with Crippen molar-refractivity contribution < 1.29 is 38.4 Å². The van der Waals surface area contributed by atoms with Gasteiger partial charge >= 0.3 is 6.09 Å². The van der Waals surface area contributed by atoms with Crippen molar-refractivity contribution in [2.45, 2.75) is 44.0 Å². The number of ether oxygens (including phenoxy) is 4. The van der Waals surface area contributed by atoms with E-state index in [0.29, 0.717) is 34.9 Å². The minimum atomic E-state index is -1.20. The average molecular weight is 756 g/mol. The molecule has 3 N–H and O–H groups in total. The lowest BCUT2D eigenvalue weighted by atomic mass is 9.96. The van der Waals surface area contributed by atoms with Gasteiger partial charge in [0.15, 0.2) is 6.61 Å². The summed E-state index contributed by atoms with van der Waals surface area (Å²) in [6, 6.07) is 34.3. The monoisotopic (exact) mass is 755 g/mol. The highest BCUT2D eigenvalue weighted by molar-refractivity contribution is 5.88. The number of carbonyl (C=O) groups is 3. The van der Waals surface area contributed by atoms with E-state index in [9.17, 15) is 19.5 Å². The number of hydrogen-bond acceptors (Lipinski definition) is 8. The van der Waals surface area contributed by atoms with E-state index in [1.807, 2.05) is 67.6 Å². The van der Waals surface area contributed by atoms with E-state index in [1.54, 1.807) is 49.6 Å². The van der Waals surface area contributed by atoms with Gasteiger partial charge in [-0.1, -0.05) is 90.5 Å². The number of aliphatic hydroxyl groups is 1. The number of aliphatic hydroxyl groups excluding tert-OH is 1. The number of aryl methyl sites for hydroxylation is 1. The summed E-state index contributed by atoms with van der Waals surface area (Å²) in [6.45, 7) is 2.46. The Kier molecular flexibility index (Phi) is 11.5. The van der Waals surface area contributed by atoms with Gasteiger partial charge in [-0.15, -0.1) is 0 Å². The minimum Gasteiger partial charge on any atom is -0.497 e. The minimum absolute atomic E-state index is 0.0856. The molecule has 3 amide bonds. The molecule has 0 spiro atoms. The molecule has 1 aliphatic carbocycles. The van der Waals surface area contributed by atoms with Crippen LogP contribution in [-0.2, 0) is 20.9 Å². The van der Waals surface area contributed by atoms with Crippen molar-refractivity contribution in [3.8, 4) is 28.4 Å². The first-order chi connectivity index (χ1) is 27.2. The van der Waals surface area contributed by atoms with Gasteiger partial charge in [-0.05, 0) is 71.0 Å². The van der Waals surface area contributed by atoms with Crippen LogP contribution in [0.2, 0.25) is 0 Å². The zero-order valence-corrected chi connectivity index (χ0v) is 31.6. The molecule has 0 bridgehead atoms. The largest absolute Gasteiger partial charge is 0.497 e. The van der Waals surface area contributed by atoms with Crippen LogP contribution in [0.5, 0.6) is 17.2 Å². The van der Waals surface area contributed by atoms with Crippen molar-refractivity contribution in [1.29, 1.82) is 0 Å². The second-order valence-electron chi connectivity index (χ2n) is 14.0. The zero-order chi connectivity index (χ0) is 39.2. The van der Waals surface area contributed by atoms with E-state index in [1.165, 1.54) is 12.0 Å². The lowest BCUT2D eigenvalue weighted by Gasteiger charge is -2.29. The Hall–Kier alpha value is -6.33. The summed E-state index contributed by atoms with van der Waals surface area (Å²) >= 11 is 0. The molecule has 5 aromatic rings. The molecule has 11 nitrogen and oxygen atoms in total. The van der Waals surface area contributed by atoms with Crippen LogP contribution in [0, 0.1) is 6.92 Å². The Morgan fingerprint density at radius 2 is 1.48 bits per heavy atom. The number of carbonyl (C=O) groups excluding carboxylic acids is 3. The van der Waals surface area contributed by atoms with Crippen molar-refractivity contribution in [2.75, 3.05) is 34.0 Å². The molecule has 7 rings (SSSR count). The van der Waals surface area contributed by atoms with Gasteiger partial charge in [0.05, 0.1) is 26.4 Å². The lowest BCUT2D eigenvalue weighted by molar-refractivity contribution is -0.128. The van der Waals surface area contributed by atoms with Crippen LogP contribution >= 0.6 is 0 Å². The highest BCUT2D eigenvalue weighted by Gasteiger charge is 2.43. The van der Waals surface area contributed by atoms with Crippen molar-refractivity contribution in [1.82, 2.24) is 15.5 Å². The number of fused-ring (bicyclic) bond motifs is 3. The maximum absolute atomic E-state index is 14.2. The summed E-state index contributed by atoms with van der Waals surface area (Å²) < 4.78 is 22.8. The van der Waals surface area contributed by atoms with Crippen molar-refractivity contribution in [2.24, 2.45) is 0 Å². The van der Waals surface area contributed by atoms with Crippen molar-refractivity contribution in [3.63, 3.8) is 0 Å². The van der Waals surface area contributed by atoms with Crippen molar-refractivity contribution in [3.05, 3.63) is 149 Å². The molecule has 56 heavy (non-hydrogen) atoms. The second-order valence-corrected chi connectivity index (χ2v) is 14.0. The number of amides is 3. The smallest absolute Gasteiger partial charge is 0.410 e. The van der Waals surface area contributed by atoms with Crippen LogP contribution in [0.1, 0.15) is 51.8 Å². The molecule has 1 fully saturated rings. The summed E-state index contributed by atoms with van der Waals surface area (Å²) in [5.74, 6) is 0.501. The average Bonchev–Trinajstić information content (AvgIpc) is 3.78. The third-order valence-electron chi connectivity index (χ3n) is 10.4. The number of likely N-dealkylation sites (tertiary alicyclic amines) is 1. The van der Waals surface area contributed by atoms with E-state index in [4.69, 9.17) is 18.9 Å². The molecule has 1 heterocycles. The zero-order valence-electron chi connectivity index (χ0n) is 31.6. The molecule has 2 aliphatic rings. The standard InChI is InChI=1S/C45H45N3O8/c1-28-12-14-29(15-13-28)25-46-41(50)27-55-31-18-16-30(17-19-31)42(37-21-20-32(53-2)24-40(37)54-3)47-44(51)43-39(49)22-23-48(43)45(52)56-26-38-35-10-6-4-8-33(35)34-9-5-7-11-36(34)38/h4-21,24,38-39,42-43,49H,22-23,25-27H2,1-3H3,(H,46,50)(H,47,51)/t39-,42?,43-/m0/s1. The van der Waals surface area contributed by atoms with Gasteiger partial charge in [-0.2, -0.15) is 0 Å². The Morgan fingerprint density at radius 3 is 2.14 bits per heavy atom. The number of benzene rings is 5. The molecule has 5 aromatic carbocycles. The summed E-state index contributed by atoms with van der Waals surface area (Å²) in [7, 11) is 3.08. The van der Waals surface area contributed by atoms with Gasteiger partial charge in [0, 0.05) is 30.6 Å². The Balaban J connectivity index is 1.05. The molecule has 0 saturated carbocycles. The summed E-state index contributed by atoms with van der Waals surface area (Å²) in [5, 5.41) is 17.0. The fraction of sp³-hybridized carbons (Fsp3) is 0.267. The Morgan fingerprint density at radius 1 is 0.821 bits per heavy atom. The molecule has 1 saturated heterocycles. The van der Waals surface area contributed by atoms with Crippen LogP contribution in [0.25, 0.3) is 11.1 Å². The molecule has 3 atom stereocenters. The van der Waals surface area contributed by atoms with E-state index in [2.05, 4.69) is 22.8 Å². The molecule has 288 valence electrons. The normalized spacial score (nSPS) is 16.3. The van der Waals surface area contributed by atoms with Gasteiger partial charge in [0.1, 0.15) is 29.9 Å².